The highest BCUT2D eigenvalue weighted by Crippen LogP contribution is 2.17. The second kappa shape index (κ2) is 5.73. The summed E-state index contributed by atoms with van der Waals surface area (Å²) in [4.78, 5) is 0.257. The molecule has 0 aromatic heterocycles. The molecular weight excluding hydrogens is 277 g/mol. The van der Waals surface area contributed by atoms with Crippen LogP contribution >= 0.6 is 0 Å². The first-order valence-electron chi connectivity index (χ1n) is 6.17. The lowest BCUT2D eigenvalue weighted by molar-refractivity contribution is 0.466. The van der Waals surface area contributed by atoms with Crippen molar-refractivity contribution in [2.75, 3.05) is 7.05 Å². The van der Waals surface area contributed by atoms with E-state index in [1.807, 2.05) is 6.92 Å². The van der Waals surface area contributed by atoms with Crippen LogP contribution in [0.1, 0.15) is 11.1 Å². The third kappa shape index (κ3) is 3.23. The van der Waals surface area contributed by atoms with Crippen LogP contribution in [0.4, 0.5) is 4.39 Å². The molecule has 0 atom stereocenters. The van der Waals surface area contributed by atoms with Gasteiger partial charge in [-0.2, -0.15) is 4.31 Å². The van der Waals surface area contributed by atoms with E-state index in [0.29, 0.717) is 0 Å². The molecular formula is C15H16FNO2S. The van der Waals surface area contributed by atoms with Crippen molar-refractivity contribution < 1.29 is 12.8 Å². The average molecular weight is 293 g/mol. The Bertz CT molecular complexity index is 679. The third-order valence-corrected chi connectivity index (χ3v) is 4.87. The molecule has 0 radical (unpaired) electrons. The first-order chi connectivity index (χ1) is 9.39. The highest BCUT2D eigenvalue weighted by molar-refractivity contribution is 7.89. The lowest BCUT2D eigenvalue weighted by atomic mass is 10.2. The molecule has 0 heterocycles. The summed E-state index contributed by atoms with van der Waals surface area (Å²) in [5.41, 5.74) is 1.75. The number of aryl methyl sites for hydroxylation is 1. The molecule has 5 heteroatoms. The number of rotatable bonds is 4. The van der Waals surface area contributed by atoms with Crippen LogP contribution in [0, 0.1) is 12.7 Å². The van der Waals surface area contributed by atoms with Crippen LogP contribution < -0.4 is 0 Å². The average Bonchev–Trinajstić information content (AvgIpc) is 2.42. The summed E-state index contributed by atoms with van der Waals surface area (Å²) < 4.78 is 38.8. The Morgan fingerprint density at radius 1 is 1.00 bits per heavy atom. The Balaban J connectivity index is 2.21. The van der Waals surface area contributed by atoms with Crippen LogP contribution in [0.3, 0.4) is 0 Å². The molecule has 3 nitrogen and oxygen atoms in total. The van der Waals surface area contributed by atoms with Crippen LogP contribution in [-0.4, -0.2) is 19.8 Å². The summed E-state index contributed by atoms with van der Waals surface area (Å²) in [6.45, 7) is 2.11. The minimum atomic E-state index is -3.52. The SMILES string of the molecule is Cc1ccc(S(=O)(=O)N(C)Cc2ccc(F)cc2)cc1. The van der Waals surface area contributed by atoms with Gasteiger partial charge in [-0.3, -0.25) is 0 Å². The topological polar surface area (TPSA) is 37.4 Å². The van der Waals surface area contributed by atoms with Crippen LogP contribution in [0.2, 0.25) is 0 Å². The van der Waals surface area contributed by atoms with Gasteiger partial charge in [0, 0.05) is 13.6 Å². The highest BCUT2D eigenvalue weighted by Gasteiger charge is 2.20. The van der Waals surface area contributed by atoms with Gasteiger partial charge >= 0.3 is 0 Å². The predicted molar refractivity (Wildman–Crippen MR) is 76.2 cm³/mol. The van der Waals surface area contributed by atoms with E-state index in [1.165, 1.54) is 23.5 Å². The molecule has 106 valence electrons. The lowest BCUT2D eigenvalue weighted by Crippen LogP contribution is -2.26. The van der Waals surface area contributed by atoms with E-state index in [9.17, 15) is 12.8 Å². The second-order valence-corrected chi connectivity index (χ2v) is 6.75. The molecule has 0 spiro atoms. The molecule has 2 aromatic carbocycles. The molecule has 0 aliphatic rings. The standard InChI is InChI=1S/C15H16FNO2S/c1-12-3-9-15(10-4-12)20(18,19)17(2)11-13-5-7-14(16)8-6-13/h3-10H,11H2,1-2H3. The Hall–Kier alpha value is -1.72. The van der Waals surface area contributed by atoms with Crippen molar-refractivity contribution in [2.24, 2.45) is 0 Å². The summed E-state index contributed by atoms with van der Waals surface area (Å²) in [7, 11) is -2.01. The molecule has 0 unspecified atom stereocenters. The molecule has 0 fully saturated rings. The zero-order valence-electron chi connectivity index (χ0n) is 11.4. The van der Waals surface area contributed by atoms with Gasteiger partial charge < -0.3 is 0 Å². The van der Waals surface area contributed by atoms with E-state index in [0.717, 1.165) is 11.1 Å². The van der Waals surface area contributed by atoms with Crippen molar-refractivity contribution in [2.45, 2.75) is 18.4 Å². The number of benzene rings is 2. The largest absolute Gasteiger partial charge is 0.243 e. The summed E-state index contributed by atoms with van der Waals surface area (Å²) in [5.74, 6) is -0.335. The van der Waals surface area contributed by atoms with Crippen molar-refractivity contribution in [1.82, 2.24) is 4.31 Å². The molecule has 0 saturated carbocycles. The Morgan fingerprint density at radius 3 is 2.10 bits per heavy atom. The van der Waals surface area contributed by atoms with Gasteiger partial charge in [0.1, 0.15) is 5.82 Å². The van der Waals surface area contributed by atoms with Crippen LogP contribution in [-0.2, 0) is 16.6 Å². The smallest absolute Gasteiger partial charge is 0.207 e. The quantitative estimate of drug-likeness (QED) is 0.869. The molecule has 0 aliphatic heterocycles. The first kappa shape index (κ1) is 14.7. The van der Waals surface area contributed by atoms with E-state index in [1.54, 1.807) is 36.4 Å². The Kier molecular flexibility index (Phi) is 4.20. The molecule has 0 aliphatic carbocycles. The first-order valence-corrected chi connectivity index (χ1v) is 7.61. The van der Waals surface area contributed by atoms with Gasteiger partial charge in [-0.1, -0.05) is 29.8 Å². The second-order valence-electron chi connectivity index (χ2n) is 4.70. The maximum absolute atomic E-state index is 12.8. The van der Waals surface area contributed by atoms with Gasteiger partial charge in [-0.05, 0) is 36.8 Å². The van der Waals surface area contributed by atoms with Crippen LogP contribution in [0.25, 0.3) is 0 Å². The number of halogens is 1. The fraction of sp³-hybridized carbons (Fsp3) is 0.200. The fourth-order valence-corrected chi connectivity index (χ4v) is 2.98. The minimum Gasteiger partial charge on any atom is -0.207 e. The number of sulfonamides is 1. The summed E-state index contributed by atoms with van der Waals surface area (Å²) in [6.07, 6.45) is 0. The van der Waals surface area contributed by atoms with E-state index in [4.69, 9.17) is 0 Å². The van der Waals surface area contributed by atoms with Crippen molar-refractivity contribution >= 4 is 10.0 Å². The van der Waals surface area contributed by atoms with Gasteiger partial charge in [-0.25, -0.2) is 12.8 Å². The maximum atomic E-state index is 12.8. The van der Waals surface area contributed by atoms with Gasteiger partial charge in [-0.15, -0.1) is 0 Å². The van der Waals surface area contributed by atoms with Gasteiger partial charge in [0.25, 0.3) is 0 Å². The summed E-state index contributed by atoms with van der Waals surface area (Å²) in [6, 6.07) is 12.5. The summed E-state index contributed by atoms with van der Waals surface area (Å²) in [5, 5.41) is 0. The zero-order chi connectivity index (χ0) is 14.8. The number of hydrogen-bond donors (Lipinski definition) is 0. The normalized spacial score (nSPS) is 11.8. The highest BCUT2D eigenvalue weighted by atomic mass is 32.2. The fourth-order valence-electron chi connectivity index (χ4n) is 1.82. The molecule has 0 N–H and O–H groups in total. The van der Waals surface area contributed by atoms with Crippen LogP contribution in [0.15, 0.2) is 53.4 Å². The molecule has 0 bridgehead atoms. The van der Waals surface area contributed by atoms with E-state index in [-0.39, 0.29) is 17.3 Å². The van der Waals surface area contributed by atoms with Gasteiger partial charge in [0.05, 0.1) is 4.90 Å². The monoisotopic (exact) mass is 293 g/mol. The van der Waals surface area contributed by atoms with E-state index < -0.39 is 10.0 Å². The van der Waals surface area contributed by atoms with Gasteiger partial charge in [0.2, 0.25) is 10.0 Å². The van der Waals surface area contributed by atoms with Crippen molar-refractivity contribution in [3.8, 4) is 0 Å². The number of hydrogen-bond acceptors (Lipinski definition) is 2. The molecule has 0 amide bonds. The third-order valence-electron chi connectivity index (χ3n) is 3.05. The van der Waals surface area contributed by atoms with Crippen LogP contribution in [0.5, 0.6) is 0 Å². The van der Waals surface area contributed by atoms with E-state index >= 15 is 0 Å². The Labute approximate surface area is 118 Å². The molecule has 20 heavy (non-hydrogen) atoms. The van der Waals surface area contributed by atoms with Crippen molar-refractivity contribution in [3.63, 3.8) is 0 Å². The van der Waals surface area contributed by atoms with Crippen molar-refractivity contribution in [3.05, 3.63) is 65.5 Å². The molecule has 2 aromatic rings. The van der Waals surface area contributed by atoms with Gasteiger partial charge in [0.15, 0.2) is 0 Å². The number of nitrogens with zero attached hydrogens (tertiary/aromatic N) is 1. The molecule has 2 rings (SSSR count). The molecule has 0 saturated heterocycles. The maximum Gasteiger partial charge on any atom is 0.243 e. The predicted octanol–water partition coefficient (Wildman–Crippen LogP) is 2.95. The lowest BCUT2D eigenvalue weighted by Gasteiger charge is -2.17. The minimum absolute atomic E-state index is 0.205. The van der Waals surface area contributed by atoms with Crippen molar-refractivity contribution in [1.29, 1.82) is 0 Å². The Morgan fingerprint density at radius 2 is 1.55 bits per heavy atom. The summed E-state index contributed by atoms with van der Waals surface area (Å²) >= 11 is 0. The van der Waals surface area contributed by atoms with E-state index in [2.05, 4.69) is 0 Å². The zero-order valence-corrected chi connectivity index (χ0v) is 12.2.